The van der Waals surface area contributed by atoms with E-state index in [0.717, 1.165) is 51.4 Å². The van der Waals surface area contributed by atoms with Crippen molar-refractivity contribution in [3.8, 4) is 0 Å². The summed E-state index contributed by atoms with van der Waals surface area (Å²) in [5, 5.41) is 0. The van der Waals surface area contributed by atoms with E-state index in [4.69, 9.17) is 18.5 Å². The molecule has 266 valence electrons. The highest BCUT2D eigenvalue weighted by atomic mass is 31.2. The Labute approximate surface area is 276 Å². The smallest absolute Gasteiger partial charge is 0.462 e. The average Bonchev–Trinajstić information content (AvgIpc) is 3.01. The number of carbonyl (C=O) groups excluding carboxylic acids is 2. The number of unbranched alkanes of at least 4 members (excludes halogenated alkanes) is 20. The molecule has 0 heterocycles. The van der Waals surface area contributed by atoms with Gasteiger partial charge >= 0.3 is 19.8 Å². The minimum Gasteiger partial charge on any atom is -0.462 e. The summed E-state index contributed by atoms with van der Waals surface area (Å²) >= 11 is 0. The molecule has 0 rings (SSSR count). The summed E-state index contributed by atoms with van der Waals surface area (Å²) in [7, 11) is -4.27. The molecule has 0 aliphatic heterocycles. The molecule has 8 nitrogen and oxygen atoms in total. The quantitative estimate of drug-likeness (QED) is 0.0314. The SMILES string of the molecule is CCCCCCCC/C=C\CCCCCCCC(=O)OC(COC(=O)CCCCCCCCCCCC)COP(=O)(O)OCC. The molecule has 0 saturated heterocycles. The predicted molar refractivity (Wildman–Crippen MR) is 184 cm³/mol. The number of hydrogen-bond acceptors (Lipinski definition) is 7. The third-order valence-corrected chi connectivity index (χ3v) is 8.88. The van der Waals surface area contributed by atoms with Crippen molar-refractivity contribution in [2.45, 2.75) is 187 Å². The van der Waals surface area contributed by atoms with Gasteiger partial charge in [-0.05, 0) is 45.4 Å². The maximum Gasteiger partial charge on any atom is 0.472 e. The maximum atomic E-state index is 12.5. The molecule has 0 bridgehead atoms. The topological polar surface area (TPSA) is 108 Å². The zero-order valence-corrected chi connectivity index (χ0v) is 30.2. The molecule has 9 heteroatoms. The Morgan fingerprint density at radius 2 is 1.00 bits per heavy atom. The number of esters is 2. The summed E-state index contributed by atoms with van der Waals surface area (Å²) in [6, 6.07) is 0. The van der Waals surface area contributed by atoms with Gasteiger partial charge in [-0.2, -0.15) is 0 Å². The van der Waals surface area contributed by atoms with Gasteiger partial charge in [0, 0.05) is 12.8 Å². The first kappa shape index (κ1) is 43.8. The summed E-state index contributed by atoms with van der Waals surface area (Å²) in [5.41, 5.74) is 0. The number of hydrogen-bond donors (Lipinski definition) is 1. The van der Waals surface area contributed by atoms with E-state index < -0.39 is 26.5 Å². The lowest BCUT2D eigenvalue weighted by Crippen LogP contribution is -2.29. The van der Waals surface area contributed by atoms with E-state index in [0.29, 0.717) is 12.8 Å². The van der Waals surface area contributed by atoms with Crippen LogP contribution in [0.4, 0.5) is 0 Å². The Morgan fingerprint density at radius 1 is 0.578 bits per heavy atom. The van der Waals surface area contributed by atoms with Crippen LogP contribution in [0.2, 0.25) is 0 Å². The number of phosphoric ester groups is 1. The Hall–Kier alpha value is -1.21. The van der Waals surface area contributed by atoms with Crippen LogP contribution < -0.4 is 0 Å². The molecule has 0 aromatic carbocycles. The third kappa shape index (κ3) is 32.5. The van der Waals surface area contributed by atoms with Gasteiger partial charge in [0.1, 0.15) is 6.61 Å². The lowest BCUT2D eigenvalue weighted by Gasteiger charge is -2.19. The number of phosphoric acid groups is 1. The second-order valence-electron chi connectivity index (χ2n) is 12.2. The standard InChI is InChI=1S/C36H69O8P/c1-4-7-9-11-13-15-17-18-19-20-21-23-25-27-29-31-36(38)44-34(33-43-45(39,40)42-6-3)32-41-35(37)30-28-26-24-22-16-14-12-10-8-5-2/h18-19,34H,4-17,20-33H2,1-3H3,(H,39,40)/b19-18-. The van der Waals surface area contributed by atoms with E-state index in [2.05, 4.69) is 26.0 Å². The van der Waals surface area contributed by atoms with Gasteiger partial charge in [0.05, 0.1) is 13.2 Å². The van der Waals surface area contributed by atoms with E-state index in [1.54, 1.807) is 6.92 Å². The lowest BCUT2D eigenvalue weighted by molar-refractivity contribution is -0.161. The molecule has 0 radical (unpaired) electrons. The Morgan fingerprint density at radius 3 is 1.47 bits per heavy atom. The van der Waals surface area contributed by atoms with E-state index >= 15 is 0 Å². The van der Waals surface area contributed by atoms with Gasteiger partial charge in [0.2, 0.25) is 0 Å². The molecule has 2 unspecified atom stereocenters. The van der Waals surface area contributed by atoms with Crippen LogP contribution in [0.5, 0.6) is 0 Å². The fourth-order valence-electron chi connectivity index (χ4n) is 5.09. The van der Waals surface area contributed by atoms with Gasteiger partial charge in [-0.1, -0.05) is 135 Å². The van der Waals surface area contributed by atoms with Crippen LogP contribution in [0.3, 0.4) is 0 Å². The average molecular weight is 661 g/mol. The van der Waals surface area contributed by atoms with Gasteiger partial charge < -0.3 is 14.4 Å². The molecule has 0 aliphatic rings. The van der Waals surface area contributed by atoms with Crippen LogP contribution in [-0.4, -0.2) is 42.8 Å². The molecule has 0 spiro atoms. The predicted octanol–water partition coefficient (Wildman–Crippen LogP) is 10.9. The van der Waals surface area contributed by atoms with Crippen LogP contribution in [0.1, 0.15) is 181 Å². The second kappa shape index (κ2) is 32.7. The monoisotopic (exact) mass is 660 g/mol. The van der Waals surface area contributed by atoms with Gasteiger partial charge in [-0.3, -0.25) is 18.6 Å². The van der Waals surface area contributed by atoms with E-state index in [9.17, 15) is 19.0 Å². The van der Waals surface area contributed by atoms with Gasteiger partial charge in [-0.15, -0.1) is 0 Å². The summed E-state index contributed by atoms with van der Waals surface area (Å²) in [6.45, 7) is 5.44. The van der Waals surface area contributed by atoms with Crippen LogP contribution >= 0.6 is 7.82 Å². The summed E-state index contributed by atoms with van der Waals surface area (Å²) < 4.78 is 32.4. The van der Waals surface area contributed by atoms with Crippen molar-refractivity contribution in [1.29, 1.82) is 0 Å². The normalized spacial score (nSPS) is 13.6. The fourth-order valence-corrected chi connectivity index (χ4v) is 5.85. The fraction of sp³-hybridized carbons (Fsp3) is 0.889. The highest BCUT2D eigenvalue weighted by Gasteiger charge is 2.25. The second-order valence-corrected chi connectivity index (χ2v) is 13.7. The summed E-state index contributed by atoms with van der Waals surface area (Å²) in [5.74, 6) is -0.805. The Kier molecular flexibility index (Phi) is 31.8. The Balaban J connectivity index is 4.16. The van der Waals surface area contributed by atoms with Crippen molar-refractivity contribution < 1.29 is 37.6 Å². The largest absolute Gasteiger partial charge is 0.472 e. The zero-order chi connectivity index (χ0) is 33.3. The highest BCUT2D eigenvalue weighted by molar-refractivity contribution is 7.47. The van der Waals surface area contributed by atoms with Crippen LogP contribution in [0, 0.1) is 0 Å². The molecule has 1 N–H and O–H groups in total. The van der Waals surface area contributed by atoms with E-state index in [1.165, 1.54) is 89.9 Å². The van der Waals surface area contributed by atoms with Crippen molar-refractivity contribution in [1.82, 2.24) is 0 Å². The molecule has 0 fully saturated rings. The van der Waals surface area contributed by atoms with Crippen LogP contribution in [0.15, 0.2) is 12.2 Å². The first-order chi connectivity index (χ1) is 21.8. The number of rotatable bonds is 34. The zero-order valence-electron chi connectivity index (χ0n) is 29.3. The lowest BCUT2D eigenvalue weighted by atomic mass is 10.1. The Bertz CT molecular complexity index is 757. The van der Waals surface area contributed by atoms with Crippen molar-refractivity contribution >= 4 is 19.8 Å². The molecule has 0 saturated carbocycles. The summed E-state index contributed by atoms with van der Waals surface area (Å²) in [4.78, 5) is 34.5. The number of ether oxygens (including phenoxy) is 2. The van der Waals surface area contributed by atoms with Crippen molar-refractivity contribution in [2.24, 2.45) is 0 Å². The first-order valence-corrected chi connectivity index (χ1v) is 20.0. The van der Waals surface area contributed by atoms with E-state index in [1.807, 2.05) is 0 Å². The number of carbonyl (C=O) groups is 2. The summed E-state index contributed by atoms with van der Waals surface area (Å²) in [6.07, 6.45) is 31.2. The first-order valence-electron chi connectivity index (χ1n) is 18.5. The molecule has 0 aromatic rings. The molecule has 0 amide bonds. The van der Waals surface area contributed by atoms with Crippen molar-refractivity contribution in [3.63, 3.8) is 0 Å². The molecule has 45 heavy (non-hydrogen) atoms. The minimum absolute atomic E-state index is 0.00154. The minimum atomic E-state index is -4.27. The maximum absolute atomic E-state index is 12.5. The third-order valence-electron chi connectivity index (χ3n) is 7.82. The van der Waals surface area contributed by atoms with E-state index in [-0.39, 0.29) is 25.6 Å². The van der Waals surface area contributed by atoms with Crippen molar-refractivity contribution in [2.75, 3.05) is 19.8 Å². The molecular weight excluding hydrogens is 591 g/mol. The molecule has 0 aromatic heterocycles. The molecule has 2 atom stereocenters. The van der Waals surface area contributed by atoms with Crippen LogP contribution in [0.25, 0.3) is 0 Å². The number of allylic oxidation sites excluding steroid dienone is 2. The molecular formula is C36H69O8P. The van der Waals surface area contributed by atoms with Gasteiger partial charge in [0.15, 0.2) is 6.10 Å². The molecule has 0 aliphatic carbocycles. The van der Waals surface area contributed by atoms with Gasteiger partial charge in [-0.25, -0.2) is 4.57 Å². The highest BCUT2D eigenvalue weighted by Crippen LogP contribution is 2.43. The van der Waals surface area contributed by atoms with Crippen molar-refractivity contribution in [3.05, 3.63) is 12.2 Å². The van der Waals surface area contributed by atoms with Gasteiger partial charge in [0.25, 0.3) is 0 Å². The van der Waals surface area contributed by atoms with Crippen LogP contribution in [-0.2, 0) is 32.7 Å².